The monoisotopic (exact) mass is 521 g/mol. The number of furan rings is 1. The van der Waals surface area contributed by atoms with Crippen molar-refractivity contribution in [1.82, 2.24) is 4.57 Å². The SMILES string of the molecule is O=C(C[n+]1cn(C(c2ccccc2)c2cc3ccccc3o2)c2ccccc21)c1ccc(Br)cc1. The van der Waals surface area contributed by atoms with E-state index < -0.39 is 0 Å². The molecular formula is C30H22BrN2O2+. The van der Waals surface area contributed by atoms with Crippen LogP contribution in [0.2, 0.25) is 0 Å². The Balaban J connectivity index is 1.49. The number of fused-ring (bicyclic) bond motifs is 2. The maximum atomic E-state index is 13.1. The van der Waals surface area contributed by atoms with E-state index in [0.29, 0.717) is 5.56 Å². The molecule has 0 amide bonds. The van der Waals surface area contributed by atoms with Crippen molar-refractivity contribution >= 4 is 43.7 Å². The lowest BCUT2D eigenvalue weighted by molar-refractivity contribution is -0.658. The lowest BCUT2D eigenvalue weighted by Gasteiger charge is -2.12. The fourth-order valence-electron chi connectivity index (χ4n) is 4.65. The topological polar surface area (TPSA) is 39.0 Å². The van der Waals surface area contributed by atoms with Gasteiger partial charge in [-0.3, -0.25) is 4.79 Å². The first-order valence-corrected chi connectivity index (χ1v) is 12.3. The molecule has 35 heavy (non-hydrogen) atoms. The average molecular weight is 522 g/mol. The number of rotatable bonds is 6. The van der Waals surface area contributed by atoms with E-state index >= 15 is 0 Å². The number of para-hydroxylation sites is 3. The first-order valence-electron chi connectivity index (χ1n) is 11.5. The number of Topliss-reactive ketones (excluding diaryl/α,β-unsaturated/α-hetero) is 1. The zero-order valence-electron chi connectivity index (χ0n) is 18.8. The zero-order valence-corrected chi connectivity index (χ0v) is 20.4. The molecule has 0 N–H and O–H groups in total. The highest BCUT2D eigenvalue weighted by Crippen LogP contribution is 2.33. The molecule has 0 radical (unpaired) electrons. The zero-order chi connectivity index (χ0) is 23.8. The van der Waals surface area contributed by atoms with Gasteiger partial charge in [-0.05, 0) is 36.4 Å². The summed E-state index contributed by atoms with van der Waals surface area (Å²) < 4.78 is 11.5. The van der Waals surface area contributed by atoms with Crippen molar-refractivity contribution < 1.29 is 13.8 Å². The molecule has 170 valence electrons. The minimum absolute atomic E-state index is 0.0606. The number of carbonyl (C=O) groups excluding carboxylic acids is 1. The van der Waals surface area contributed by atoms with E-state index in [1.165, 1.54) is 0 Å². The van der Waals surface area contributed by atoms with Crippen LogP contribution in [0.1, 0.15) is 27.7 Å². The molecule has 5 heteroatoms. The van der Waals surface area contributed by atoms with Crippen LogP contribution in [0, 0.1) is 0 Å². The van der Waals surface area contributed by atoms with Crippen LogP contribution in [0.25, 0.3) is 22.0 Å². The summed E-state index contributed by atoms with van der Waals surface area (Å²) in [5.41, 5.74) is 4.69. The van der Waals surface area contributed by atoms with Gasteiger partial charge in [0.05, 0.1) is 0 Å². The van der Waals surface area contributed by atoms with Gasteiger partial charge in [0, 0.05) is 21.0 Å². The van der Waals surface area contributed by atoms with Crippen LogP contribution < -0.4 is 4.57 Å². The normalized spacial score (nSPS) is 12.3. The molecule has 6 aromatic rings. The number of benzene rings is 4. The van der Waals surface area contributed by atoms with Crippen LogP contribution in [-0.2, 0) is 6.54 Å². The Labute approximate surface area is 211 Å². The quantitative estimate of drug-likeness (QED) is 0.175. The predicted molar refractivity (Wildman–Crippen MR) is 141 cm³/mol. The fraction of sp³-hybridized carbons (Fsp3) is 0.0667. The minimum Gasteiger partial charge on any atom is -0.456 e. The maximum Gasteiger partial charge on any atom is 0.246 e. The number of nitrogens with zero attached hydrogens (tertiary/aromatic N) is 2. The minimum atomic E-state index is -0.183. The van der Waals surface area contributed by atoms with Crippen molar-refractivity contribution in [2.75, 3.05) is 0 Å². The predicted octanol–water partition coefficient (Wildman–Crippen LogP) is 6.96. The van der Waals surface area contributed by atoms with Gasteiger partial charge < -0.3 is 4.42 Å². The highest BCUT2D eigenvalue weighted by Gasteiger charge is 2.29. The van der Waals surface area contributed by atoms with E-state index in [9.17, 15) is 4.79 Å². The van der Waals surface area contributed by atoms with E-state index in [4.69, 9.17) is 4.42 Å². The summed E-state index contributed by atoms with van der Waals surface area (Å²) in [5.74, 6) is 0.912. The molecule has 0 bridgehead atoms. The van der Waals surface area contributed by atoms with Crippen LogP contribution in [0.15, 0.2) is 124 Å². The van der Waals surface area contributed by atoms with E-state index in [0.717, 1.165) is 37.8 Å². The Bertz CT molecular complexity index is 1620. The van der Waals surface area contributed by atoms with Gasteiger partial charge in [-0.25, -0.2) is 9.13 Å². The van der Waals surface area contributed by atoms with Gasteiger partial charge in [0.1, 0.15) is 5.58 Å². The second kappa shape index (κ2) is 9.01. The van der Waals surface area contributed by atoms with Gasteiger partial charge in [0.2, 0.25) is 12.1 Å². The van der Waals surface area contributed by atoms with Gasteiger partial charge in [0.15, 0.2) is 29.4 Å². The third-order valence-electron chi connectivity index (χ3n) is 6.32. The number of hydrogen-bond acceptors (Lipinski definition) is 2. The summed E-state index contributed by atoms with van der Waals surface area (Å²) in [5, 5.41) is 1.07. The van der Waals surface area contributed by atoms with Crippen LogP contribution in [0.5, 0.6) is 0 Å². The second-order valence-corrected chi connectivity index (χ2v) is 9.48. The first kappa shape index (κ1) is 21.6. The molecule has 4 aromatic carbocycles. The number of ketones is 1. The standard InChI is InChI=1S/C30H22BrN2O2/c31-24-16-14-21(15-17-24)27(34)19-32-20-33(26-12-6-5-11-25(26)32)30(22-8-2-1-3-9-22)29-18-23-10-4-7-13-28(23)35-29/h1-18,20,30H,19H2/q+1. The summed E-state index contributed by atoms with van der Waals surface area (Å²) in [4.78, 5) is 13.1. The number of hydrogen-bond donors (Lipinski definition) is 0. The molecule has 0 aliphatic carbocycles. The Morgan fingerprint density at radius 3 is 2.37 bits per heavy atom. The fourth-order valence-corrected chi connectivity index (χ4v) is 4.91. The average Bonchev–Trinajstić information content (AvgIpc) is 3.47. The van der Waals surface area contributed by atoms with Crippen molar-refractivity contribution in [2.45, 2.75) is 12.6 Å². The van der Waals surface area contributed by atoms with E-state index in [-0.39, 0.29) is 18.4 Å². The molecule has 0 saturated carbocycles. The number of halogens is 1. The van der Waals surface area contributed by atoms with Crippen molar-refractivity contribution in [2.24, 2.45) is 0 Å². The summed E-state index contributed by atoms with van der Waals surface area (Å²) in [7, 11) is 0. The Morgan fingerprint density at radius 2 is 1.57 bits per heavy atom. The molecule has 0 saturated heterocycles. The van der Waals surface area contributed by atoms with Crippen molar-refractivity contribution in [3.8, 4) is 0 Å². The van der Waals surface area contributed by atoms with Crippen LogP contribution in [0.3, 0.4) is 0 Å². The van der Waals surface area contributed by atoms with E-state index in [1.54, 1.807) is 0 Å². The summed E-state index contributed by atoms with van der Waals surface area (Å²) in [6.45, 7) is 0.247. The van der Waals surface area contributed by atoms with Gasteiger partial charge >= 0.3 is 0 Å². The molecule has 0 aliphatic rings. The molecule has 2 aromatic heterocycles. The number of aromatic nitrogens is 2. The highest BCUT2D eigenvalue weighted by atomic mass is 79.9. The molecule has 0 aliphatic heterocycles. The summed E-state index contributed by atoms with van der Waals surface area (Å²) in [6.07, 6.45) is 2.03. The molecular weight excluding hydrogens is 500 g/mol. The molecule has 1 unspecified atom stereocenters. The van der Waals surface area contributed by atoms with Crippen molar-refractivity contribution in [1.29, 1.82) is 0 Å². The first-order chi connectivity index (χ1) is 17.2. The van der Waals surface area contributed by atoms with Gasteiger partial charge in [-0.1, -0.05) is 88.7 Å². The second-order valence-electron chi connectivity index (χ2n) is 8.57. The Morgan fingerprint density at radius 1 is 0.857 bits per heavy atom. The third kappa shape index (κ3) is 4.08. The lowest BCUT2D eigenvalue weighted by atomic mass is 10.0. The molecule has 1 atom stereocenters. The van der Waals surface area contributed by atoms with Gasteiger partial charge in [-0.2, -0.15) is 0 Å². The van der Waals surface area contributed by atoms with Crippen LogP contribution >= 0.6 is 15.9 Å². The van der Waals surface area contributed by atoms with Gasteiger partial charge in [0.25, 0.3) is 0 Å². The third-order valence-corrected chi connectivity index (χ3v) is 6.85. The Kier molecular flexibility index (Phi) is 5.55. The number of imidazole rings is 1. The molecule has 4 nitrogen and oxygen atoms in total. The van der Waals surface area contributed by atoms with E-state index in [2.05, 4.69) is 56.9 Å². The van der Waals surface area contributed by atoms with Crippen LogP contribution in [0.4, 0.5) is 0 Å². The van der Waals surface area contributed by atoms with Crippen molar-refractivity contribution in [3.63, 3.8) is 0 Å². The van der Waals surface area contributed by atoms with Crippen molar-refractivity contribution in [3.05, 3.63) is 137 Å². The largest absolute Gasteiger partial charge is 0.456 e. The smallest absolute Gasteiger partial charge is 0.246 e. The molecule has 0 spiro atoms. The lowest BCUT2D eigenvalue weighted by Crippen LogP contribution is -2.37. The summed E-state index contributed by atoms with van der Waals surface area (Å²) >= 11 is 3.44. The molecule has 0 fully saturated rings. The Hall–Kier alpha value is -3.96. The highest BCUT2D eigenvalue weighted by molar-refractivity contribution is 9.10. The number of carbonyl (C=O) groups is 1. The molecule has 2 heterocycles. The van der Waals surface area contributed by atoms with Gasteiger partial charge in [-0.15, -0.1) is 0 Å². The maximum absolute atomic E-state index is 13.1. The summed E-state index contributed by atoms with van der Waals surface area (Å²) in [6, 6.07) is 36.0. The van der Waals surface area contributed by atoms with E-state index in [1.807, 2.05) is 83.7 Å². The molecule has 6 rings (SSSR count). The van der Waals surface area contributed by atoms with Crippen LogP contribution in [-0.4, -0.2) is 10.4 Å².